The number of carbonyl (C=O) groups is 1. The molecule has 1 aromatic rings. The molecule has 1 heterocycles. The summed E-state index contributed by atoms with van der Waals surface area (Å²) in [6, 6.07) is 1.80. The van der Waals surface area contributed by atoms with Crippen LogP contribution < -0.4 is 0 Å². The van der Waals surface area contributed by atoms with Crippen molar-refractivity contribution in [2.24, 2.45) is 5.41 Å². The number of nitrogens with zero attached hydrogens (tertiary/aromatic N) is 2. The fourth-order valence-corrected chi connectivity index (χ4v) is 4.79. The summed E-state index contributed by atoms with van der Waals surface area (Å²) in [4.78, 5) is 14.0. The molecule has 0 unspecified atom stereocenters. The normalized spacial score (nSPS) is 18.6. The van der Waals surface area contributed by atoms with Crippen LogP contribution >= 0.6 is 0 Å². The molecule has 0 bridgehead atoms. The van der Waals surface area contributed by atoms with Crippen LogP contribution in [0.5, 0.6) is 0 Å². The molecule has 1 fully saturated rings. The van der Waals surface area contributed by atoms with E-state index in [1.54, 1.807) is 42.8 Å². The zero-order chi connectivity index (χ0) is 19.6. The van der Waals surface area contributed by atoms with Gasteiger partial charge in [-0.1, -0.05) is 46.1 Å². The van der Waals surface area contributed by atoms with Crippen molar-refractivity contribution in [2.45, 2.75) is 58.5 Å². The summed E-state index contributed by atoms with van der Waals surface area (Å²) in [6.45, 7) is 6.16. The van der Waals surface area contributed by atoms with Gasteiger partial charge >= 0.3 is 0 Å². The van der Waals surface area contributed by atoms with Gasteiger partial charge in [-0.25, -0.2) is 4.68 Å². The molecular weight excluding hydrogens is 348 g/mol. The highest BCUT2D eigenvalue weighted by Gasteiger charge is 2.43. The third-order valence-corrected chi connectivity index (χ3v) is 6.09. The van der Waals surface area contributed by atoms with Crippen molar-refractivity contribution in [1.82, 2.24) is 9.78 Å². The molecule has 2 rings (SSSR count). The monoisotopic (exact) mass is 380 g/mol. The van der Waals surface area contributed by atoms with Crippen LogP contribution in [0.2, 0.25) is 0 Å². The first-order valence-electron chi connectivity index (χ1n) is 9.14. The molecule has 1 aromatic heterocycles. The van der Waals surface area contributed by atoms with Crippen LogP contribution in [-0.2, 0) is 19.1 Å². The van der Waals surface area contributed by atoms with Crippen molar-refractivity contribution in [1.29, 1.82) is 0 Å². The van der Waals surface area contributed by atoms with Gasteiger partial charge in [0, 0.05) is 32.0 Å². The number of aromatic nitrogens is 2. The SMILES string of the molecule is COC1(C(=O)C(/C(=C\C(C)(C)C)n2cccn2)=S(C)(C)=O)CCCCC1. The average molecular weight is 381 g/mol. The Balaban J connectivity index is 2.70. The molecule has 0 N–H and O–H groups in total. The summed E-state index contributed by atoms with van der Waals surface area (Å²) >= 11 is 0. The van der Waals surface area contributed by atoms with E-state index >= 15 is 0 Å². The molecule has 0 atom stereocenters. The van der Waals surface area contributed by atoms with E-state index < -0.39 is 15.1 Å². The molecule has 0 saturated heterocycles. The van der Waals surface area contributed by atoms with Crippen LogP contribution in [-0.4, -0.2) is 49.9 Å². The van der Waals surface area contributed by atoms with Crippen LogP contribution in [0.4, 0.5) is 0 Å². The third-order valence-electron chi connectivity index (χ3n) is 4.72. The minimum absolute atomic E-state index is 0.152. The molecule has 5 nitrogen and oxygen atoms in total. The maximum Gasteiger partial charge on any atom is 0.204 e. The Labute approximate surface area is 157 Å². The average Bonchev–Trinajstić information content (AvgIpc) is 3.06. The second-order valence-corrected chi connectivity index (χ2v) is 11.4. The number of ether oxygens (including phenoxy) is 1. The Hall–Kier alpha value is -1.40. The number of methoxy groups -OCH3 is 1. The number of hydrogen-bond donors (Lipinski definition) is 0. The fraction of sp³-hybridized carbons (Fsp3) is 0.650. The van der Waals surface area contributed by atoms with Crippen molar-refractivity contribution >= 4 is 25.9 Å². The highest BCUT2D eigenvalue weighted by atomic mass is 32.2. The Morgan fingerprint density at radius 1 is 1.23 bits per heavy atom. The Morgan fingerprint density at radius 2 is 1.85 bits per heavy atom. The summed E-state index contributed by atoms with van der Waals surface area (Å²) in [6.07, 6.45) is 13.0. The highest BCUT2D eigenvalue weighted by molar-refractivity contribution is 8.03. The molecule has 0 aliphatic heterocycles. The van der Waals surface area contributed by atoms with Crippen LogP contribution in [0, 0.1) is 5.41 Å². The van der Waals surface area contributed by atoms with Crippen LogP contribution in [0.15, 0.2) is 24.5 Å². The van der Waals surface area contributed by atoms with E-state index in [0.29, 0.717) is 23.4 Å². The Kier molecular flexibility index (Phi) is 6.18. The first kappa shape index (κ1) is 20.9. The van der Waals surface area contributed by atoms with Gasteiger partial charge in [0.15, 0.2) is 0 Å². The number of Topliss-reactive ketones (excluding diaryl/α,β-unsaturated/α-hetero) is 1. The number of allylic oxidation sites excluding steroid dienone is 2. The van der Waals surface area contributed by atoms with Crippen molar-refractivity contribution in [2.75, 3.05) is 19.6 Å². The number of rotatable bonds is 5. The molecule has 146 valence electrons. The summed E-state index contributed by atoms with van der Waals surface area (Å²) in [5.74, 6) is -0.152. The smallest absolute Gasteiger partial charge is 0.204 e. The van der Waals surface area contributed by atoms with Gasteiger partial charge in [0.1, 0.15) is 5.60 Å². The number of hydrogen-bond acceptors (Lipinski definition) is 4. The predicted octanol–water partition coefficient (Wildman–Crippen LogP) is 3.40. The molecule has 0 aromatic carbocycles. The van der Waals surface area contributed by atoms with Crippen LogP contribution in [0.3, 0.4) is 0 Å². The molecule has 1 saturated carbocycles. The lowest BCUT2D eigenvalue weighted by atomic mass is 9.79. The second-order valence-electron chi connectivity index (χ2n) is 8.50. The van der Waals surface area contributed by atoms with E-state index in [1.165, 1.54) is 0 Å². The molecule has 26 heavy (non-hydrogen) atoms. The maximum atomic E-state index is 13.7. The Bertz CT molecular complexity index is 778. The van der Waals surface area contributed by atoms with Gasteiger partial charge in [-0.2, -0.15) is 5.10 Å². The van der Waals surface area contributed by atoms with E-state index in [1.807, 2.05) is 6.08 Å². The van der Waals surface area contributed by atoms with Crippen molar-refractivity contribution < 1.29 is 13.7 Å². The topological polar surface area (TPSA) is 61.2 Å². The summed E-state index contributed by atoms with van der Waals surface area (Å²) < 4.78 is 20.7. The lowest BCUT2D eigenvalue weighted by molar-refractivity contribution is -0.137. The fourth-order valence-electron chi connectivity index (χ4n) is 3.50. The van der Waals surface area contributed by atoms with Crippen molar-refractivity contribution in [3.8, 4) is 0 Å². The van der Waals surface area contributed by atoms with Crippen LogP contribution in [0.1, 0.15) is 52.9 Å². The van der Waals surface area contributed by atoms with Crippen LogP contribution in [0.25, 0.3) is 5.70 Å². The molecule has 0 amide bonds. The van der Waals surface area contributed by atoms with Crippen molar-refractivity contribution in [3.05, 3.63) is 24.5 Å². The maximum absolute atomic E-state index is 13.7. The molecule has 0 spiro atoms. The van der Waals surface area contributed by atoms with E-state index in [4.69, 9.17) is 4.74 Å². The molecular formula is C20H32N2O3S. The molecule has 6 heteroatoms. The zero-order valence-electron chi connectivity index (χ0n) is 16.9. The van der Waals surface area contributed by atoms with E-state index in [9.17, 15) is 9.00 Å². The first-order valence-corrected chi connectivity index (χ1v) is 11.5. The molecule has 1 aliphatic carbocycles. The standard InChI is InChI=1S/C20H32N2O3S/c1-19(2,3)15-16(22-14-10-13-21-22)17(26(5,6)24)18(23)20(25-4)11-8-7-9-12-20/h10,13-15H,7-9,11-12H2,1-6H3/b16-15+. The molecule has 0 radical (unpaired) electrons. The predicted molar refractivity (Wildman–Crippen MR) is 109 cm³/mol. The van der Waals surface area contributed by atoms with Gasteiger partial charge in [-0.15, -0.1) is 0 Å². The van der Waals surface area contributed by atoms with Gasteiger partial charge in [0.25, 0.3) is 0 Å². The van der Waals surface area contributed by atoms with Gasteiger partial charge < -0.3 is 4.74 Å². The quantitative estimate of drug-likeness (QED) is 0.580. The zero-order valence-corrected chi connectivity index (χ0v) is 17.7. The Morgan fingerprint density at radius 3 is 2.27 bits per heavy atom. The minimum Gasteiger partial charge on any atom is -0.370 e. The van der Waals surface area contributed by atoms with Gasteiger partial charge in [0.05, 0.1) is 10.6 Å². The van der Waals surface area contributed by atoms with Gasteiger partial charge in [0.2, 0.25) is 5.78 Å². The number of ketones is 1. The lowest BCUT2D eigenvalue weighted by Gasteiger charge is -2.36. The first-order chi connectivity index (χ1) is 12.0. The lowest BCUT2D eigenvalue weighted by Crippen LogP contribution is -2.48. The summed E-state index contributed by atoms with van der Waals surface area (Å²) in [5, 5.41) is 4.32. The van der Waals surface area contributed by atoms with E-state index in [2.05, 4.69) is 25.9 Å². The second kappa shape index (κ2) is 7.69. The van der Waals surface area contributed by atoms with Gasteiger partial charge in [-0.05, 0) is 33.8 Å². The minimum atomic E-state index is -2.55. The summed E-state index contributed by atoms with van der Waals surface area (Å²) in [5.41, 5.74) is -0.485. The number of carbonyl (C=O) groups excluding carboxylic acids is 1. The van der Waals surface area contributed by atoms with E-state index in [0.717, 1.165) is 19.3 Å². The van der Waals surface area contributed by atoms with Gasteiger partial charge in [-0.3, -0.25) is 9.00 Å². The summed E-state index contributed by atoms with van der Waals surface area (Å²) in [7, 11) is -0.959. The van der Waals surface area contributed by atoms with Crippen molar-refractivity contribution in [3.63, 3.8) is 0 Å². The molecule has 1 aliphatic rings. The van der Waals surface area contributed by atoms with E-state index in [-0.39, 0.29) is 11.2 Å². The third kappa shape index (κ3) is 4.65. The largest absolute Gasteiger partial charge is 0.370 e. The highest BCUT2D eigenvalue weighted by Crippen LogP contribution is 2.34.